The van der Waals surface area contributed by atoms with Crippen molar-refractivity contribution in [2.24, 2.45) is 0 Å². The molecule has 1 amide bonds. The predicted octanol–water partition coefficient (Wildman–Crippen LogP) is 1.60. The number of hydrogen-bond donors (Lipinski definition) is 1. The van der Waals surface area contributed by atoms with Crippen molar-refractivity contribution >= 4 is 11.7 Å². The Morgan fingerprint density at radius 2 is 2.17 bits per heavy atom. The molecule has 8 nitrogen and oxygen atoms in total. The zero-order chi connectivity index (χ0) is 16.9. The van der Waals surface area contributed by atoms with Gasteiger partial charge < -0.3 is 10.1 Å². The summed E-state index contributed by atoms with van der Waals surface area (Å²) in [5.41, 5.74) is 0. The number of carbonyl (C=O) groups is 1. The summed E-state index contributed by atoms with van der Waals surface area (Å²) in [4.78, 5) is 24.0. The molecule has 24 heavy (non-hydrogen) atoms. The fourth-order valence-corrected chi connectivity index (χ4v) is 1.89. The van der Waals surface area contributed by atoms with Crippen LogP contribution in [0.15, 0.2) is 49.3 Å². The largest absolute Gasteiger partial charge is 0.481 e. The van der Waals surface area contributed by atoms with Gasteiger partial charge in [0.05, 0.1) is 0 Å². The second-order valence-electron chi connectivity index (χ2n) is 4.81. The summed E-state index contributed by atoms with van der Waals surface area (Å²) < 4.78 is 20.0. The number of nitrogens with one attached hydrogen (secondary N) is 1. The van der Waals surface area contributed by atoms with E-state index in [0.717, 1.165) is 0 Å². The Labute approximate surface area is 136 Å². The average molecular weight is 328 g/mol. The molecule has 0 aliphatic carbocycles. The van der Waals surface area contributed by atoms with E-state index in [2.05, 4.69) is 25.4 Å². The van der Waals surface area contributed by atoms with Crippen LogP contribution in [-0.4, -0.2) is 36.7 Å². The molecule has 3 aromatic rings. The maximum absolute atomic E-state index is 13.1. The lowest BCUT2D eigenvalue weighted by atomic mass is 10.3. The second-order valence-corrected chi connectivity index (χ2v) is 4.81. The number of nitrogens with zero attached hydrogens (tertiary/aromatic N) is 5. The minimum Gasteiger partial charge on any atom is -0.481 e. The van der Waals surface area contributed by atoms with Crippen LogP contribution < -0.4 is 10.1 Å². The SMILES string of the molecule is CC(Oc1cccc(F)c1)C(=O)Nc1cc(-n2cncn2)ncn1. The minimum atomic E-state index is -0.836. The Kier molecular flexibility index (Phi) is 4.41. The molecule has 2 heterocycles. The standard InChI is InChI=1S/C15H13FN6O2/c1-10(24-12-4-2-3-11(16)5-12)15(23)21-13-6-14(19-8-18-13)22-9-17-7-20-22/h2-10H,1H3,(H,18,19,21,23). The van der Waals surface area contributed by atoms with Gasteiger partial charge in [-0.3, -0.25) is 4.79 Å². The van der Waals surface area contributed by atoms with Crippen molar-refractivity contribution in [2.45, 2.75) is 13.0 Å². The topological polar surface area (TPSA) is 94.8 Å². The van der Waals surface area contributed by atoms with E-state index < -0.39 is 17.8 Å². The van der Waals surface area contributed by atoms with Crippen LogP contribution in [-0.2, 0) is 4.79 Å². The summed E-state index contributed by atoms with van der Waals surface area (Å²) in [6.07, 6.45) is 3.31. The quantitative estimate of drug-likeness (QED) is 0.764. The number of halogens is 1. The lowest BCUT2D eigenvalue weighted by molar-refractivity contribution is -0.122. The highest BCUT2D eigenvalue weighted by molar-refractivity contribution is 5.93. The average Bonchev–Trinajstić information content (AvgIpc) is 3.09. The molecule has 122 valence electrons. The van der Waals surface area contributed by atoms with Crippen LogP contribution in [0.5, 0.6) is 5.75 Å². The van der Waals surface area contributed by atoms with Gasteiger partial charge in [0.2, 0.25) is 0 Å². The van der Waals surface area contributed by atoms with E-state index in [4.69, 9.17) is 4.74 Å². The first-order chi connectivity index (χ1) is 11.6. The second kappa shape index (κ2) is 6.82. The molecule has 1 aromatic carbocycles. The van der Waals surface area contributed by atoms with Gasteiger partial charge in [0.15, 0.2) is 11.9 Å². The van der Waals surface area contributed by atoms with Gasteiger partial charge in [0.1, 0.15) is 36.4 Å². The summed E-state index contributed by atoms with van der Waals surface area (Å²) in [6.45, 7) is 1.56. The van der Waals surface area contributed by atoms with Crippen molar-refractivity contribution in [3.63, 3.8) is 0 Å². The Hall–Kier alpha value is -3.36. The molecule has 0 radical (unpaired) electrons. The van der Waals surface area contributed by atoms with Gasteiger partial charge >= 0.3 is 0 Å². The van der Waals surface area contributed by atoms with Crippen molar-refractivity contribution in [3.8, 4) is 11.6 Å². The Morgan fingerprint density at radius 1 is 1.29 bits per heavy atom. The normalized spacial score (nSPS) is 11.8. The summed E-state index contributed by atoms with van der Waals surface area (Å²) in [5.74, 6) is 0.145. The predicted molar refractivity (Wildman–Crippen MR) is 82.1 cm³/mol. The molecule has 0 bridgehead atoms. The molecule has 9 heteroatoms. The van der Waals surface area contributed by atoms with E-state index in [0.29, 0.717) is 5.82 Å². The molecule has 2 aromatic heterocycles. The minimum absolute atomic E-state index is 0.267. The van der Waals surface area contributed by atoms with Crippen molar-refractivity contribution in [3.05, 3.63) is 55.1 Å². The Balaban J connectivity index is 1.67. The number of rotatable bonds is 5. The maximum Gasteiger partial charge on any atom is 0.266 e. The third-order valence-electron chi connectivity index (χ3n) is 3.04. The molecule has 1 N–H and O–H groups in total. The van der Waals surface area contributed by atoms with Crippen LogP contribution in [0.4, 0.5) is 10.2 Å². The Morgan fingerprint density at radius 3 is 2.92 bits per heavy atom. The number of ether oxygens (including phenoxy) is 1. The maximum atomic E-state index is 13.1. The molecule has 0 fully saturated rings. The van der Waals surface area contributed by atoms with Gasteiger partial charge in [-0.2, -0.15) is 5.10 Å². The Bertz CT molecular complexity index is 839. The van der Waals surface area contributed by atoms with Crippen molar-refractivity contribution in [1.82, 2.24) is 24.7 Å². The zero-order valence-corrected chi connectivity index (χ0v) is 12.6. The number of benzene rings is 1. The fourth-order valence-electron chi connectivity index (χ4n) is 1.89. The molecule has 1 atom stereocenters. The first-order valence-corrected chi connectivity index (χ1v) is 7.02. The molecule has 0 saturated heterocycles. The van der Waals surface area contributed by atoms with Gasteiger partial charge in [-0.05, 0) is 19.1 Å². The number of anilines is 1. The third-order valence-corrected chi connectivity index (χ3v) is 3.04. The van der Waals surface area contributed by atoms with E-state index in [1.54, 1.807) is 19.1 Å². The molecule has 0 spiro atoms. The number of aromatic nitrogens is 5. The lowest BCUT2D eigenvalue weighted by Crippen LogP contribution is -2.30. The van der Waals surface area contributed by atoms with Gasteiger partial charge in [0, 0.05) is 12.1 Å². The number of hydrogen-bond acceptors (Lipinski definition) is 6. The van der Waals surface area contributed by atoms with Crippen molar-refractivity contribution in [1.29, 1.82) is 0 Å². The third kappa shape index (κ3) is 3.69. The van der Waals surface area contributed by atoms with Crippen LogP contribution in [0, 0.1) is 5.82 Å². The van der Waals surface area contributed by atoms with Crippen LogP contribution in [0.25, 0.3) is 5.82 Å². The first kappa shape index (κ1) is 15.5. The molecule has 0 saturated carbocycles. The number of carbonyl (C=O) groups excluding carboxylic acids is 1. The molecule has 1 unspecified atom stereocenters. The molecular weight excluding hydrogens is 315 g/mol. The molecule has 0 aliphatic rings. The first-order valence-electron chi connectivity index (χ1n) is 7.02. The van der Waals surface area contributed by atoms with Crippen LogP contribution in [0.2, 0.25) is 0 Å². The highest BCUT2D eigenvalue weighted by Crippen LogP contribution is 2.15. The van der Waals surface area contributed by atoms with E-state index in [9.17, 15) is 9.18 Å². The van der Waals surface area contributed by atoms with Gasteiger partial charge in [-0.25, -0.2) is 24.0 Å². The smallest absolute Gasteiger partial charge is 0.266 e. The molecule has 0 aliphatic heterocycles. The van der Waals surface area contributed by atoms with Crippen LogP contribution >= 0.6 is 0 Å². The van der Waals surface area contributed by atoms with Crippen molar-refractivity contribution in [2.75, 3.05) is 5.32 Å². The lowest BCUT2D eigenvalue weighted by Gasteiger charge is -2.14. The van der Waals surface area contributed by atoms with Crippen LogP contribution in [0.3, 0.4) is 0 Å². The summed E-state index contributed by atoms with van der Waals surface area (Å²) in [6, 6.07) is 7.12. The van der Waals surface area contributed by atoms with E-state index >= 15 is 0 Å². The van der Waals surface area contributed by atoms with E-state index in [1.165, 1.54) is 41.9 Å². The van der Waals surface area contributed by atoms with Gasteiger partial charge in [0.25, 0.3) is 5.91 Å². The van der Waals surface area contributed by atoms with E-state index in [-0.39, 0.29) is 11.6 Å². The fraction of sp³-hybridized carbons (Fsp3) is 0.133. The van der Waals surface area contributed by atoms with Crippen molar-refractivity contribution < 1.29 is 13.9 Å². The molecule has 3 rings (SSSR count). The summed E-state index contributed by atoms with van der Waals surface area (Å²) >= 11 is 0. The zero-order valence-electron chi connectivity index (χ0n) is 12.6. The van der Waals surface area contributed by atoms with E-state index in [1.807, 2.05) is 0 Å². The van der Waals surface area contributed by atoms with Gasteiger partial charge in [-0.15, -0.1) is 0 Å². The molecular formula is C15H13FN6O2. The number of amides is 1. The summed E-state index contributed by atoms with van der Waals surface area (Å²) in [5, 5.41) is 6.56. The monoisotopic (exact) mass is 328 g/mol. The summed E-state index contributed by atoms with van der Waals surface area (Å²) in [7, 11) is 0. The van der Waals surface area contributed by atoms with Gasteiger partial charge in [-0.1, -0.05) is 6.07 Å². The van der Waals surface area contributed by atoms with Crippen LogP contribution in [0.1, 0.15) is 6.92 Å². The highest BCUT2D eigenvalue weighted by atomic mass is 19.1. The highest BCUT2D eigenvalue weighted by Gasteiger charge is 2.16.